The Bertz CT molecular complexity index is 1210. The number of nitrogens with one attached hydrogen (secondary N) is 5. The molecule has 5 N–H and O–H groups in total. The summed E-state index contributed by atoms with van der Waals surface area (Å²) in [6.07, 6.45) is -4.63. The highest BCUT2D eigenvalue weighted by atomic mass is 19.4. The summed E-state index contributed by atoms with van der Waals surface area (Å²) in [5, 5.41) is 13.1. The lowest BCUT2D eigenvalue weighted by atomic mass is 9.81. The van der Waals surface area contributed by atoms with E-state index in [0.717, 1.165) is 0 Å². The average molecular weight is 736 g/mol. The third-order valence-corrected chi connectivity index (χ3v) is 10.6. The minimum Gasteiger partial charge on any atom is -0.464 e. The van der Waals surface area contributed by atoms with Crippen molar-refractivity contribution in [3.05, 3.63) is 0 Å². The highest BCUT2D eigenvalue weighted by Crippen LogP contribution is 2.29. The van der Waals surface area contributed by atoms with Gasteiger partial charge in [-0.15, -0.1) is 0 Å². The number of carbonyl (C=O) groups is 6. The van der Waals surface area contributed by atoms with Gasteiger partial charge in [0.05, 0.1) is 6.61 Å². The summed E-state index contributed by atoms with van der Waals surface area (Å²) in [7, 11) is 0. The number of hydrogen-bond donors (Lipinski definition) is 5. The first-order valence-electron chi connectivity index (χ1n) is 18.5. The van der Waals surface area contributed by atoms with Crippen molar-refractivity contribution in [1.29, 1.82) is 0 Å². The molecule has 296 valence electrons. The second kappa shape index (κ2) is 19.4. The number of hydrogen-bond acceptors (Lipinski definition) is 7. The van der Waals surface area contributed by atoms with Gasteiger partial charge < -0.3 is 31.3 Å². The van der Waals surface area contributed by atoms with Crippen LogP contribution < -0.4 is 26.6 Å². The largest absolute Gasteiger partial charge is 0.471 e. The standard InChI is InChI=1S/C36H64F3N5O7/c1-13-31(14-2,25(45)41-33(17-5,18-6)27(47)43-34(19-7,20-8)30(50)51-22-10)40-26(46)32(15-3,16-4)42-28(48)35(21-9,23-24(11)12)44-29(49)36(37,38)39/h24H,13-23H2,1-12H3,(H,40,46)(H,41,45)(H,42,48)(H,43,47)(H,44,49). The van der Waals surface area contributed by atoms with E-state index >= 15 is 0 Å². The Labute approximate surface area is 302 Å². The molecule has 0 saturated heterocycles. The molecule has 0 aromatic heterocycles. The van der Waals surface area contributed by atoms with Crippen molar-refractivity contribution in [2.45, 2.75) is 181 Å². The van der Waals surface area contributed by atoms with Crippen LogP contribution in [-0.4, -0.2) is 76.0 Å². The fourth-order valence-corrected chi connectivity index (χ4v) is 6.38. The number of amides is 5. The fraction of sp³-hybridized carbons (Fsp3) is 0.833. The molecular weight excluding hydrogens is 671 g/mol. The molecule has 15 heteroatoms. The molecule has 0 bridgehead atoms. The number of esters is 1. The highest BCUT2D eigenvalue weighted by molar-refractivity contribution is 6.01. The zero-order chi connectivity index (χ0) is 40.1. The van der Waals surface area contributed by atoms with E-state index in [4.69, 9.17) is 4.74 Å². The van der Waals surface area contributed by atoms with Crippen LogP contribution in [0.15, 0.2) is 0 Å². The average Bonchev–Trinajstić information content (AvgIpc) is 3.09. The Morgan fingerprint density at radius 3 is 0.941 bits per heavy atom. The molecule has 0 rings (SSSR count). The van der Waals surface area contributed by atoms with E-state index in [1.165, 1.54) is 6.92 Å². The summed E-state index contributed by atoms with van der Waals surface area (Å²) in [5.74, 6) is -6.12. The fourth-order valence-electron chi connectivity index (χ4n) is 6.38. The topological polar surface area (TPSA) is 172 Å². The quantitative estimate of drug-likeness (QED) is 0.0961. The molecule has 1 unspecified atom stereocenters. The van der Waals surface area contributed by atoms with Gasteiger partial charge in [-0.1, -0.05) is 76.2 Å². The molecule has 0 aromatic rings. The minimum absolute atomic E-state index is 0.00112. The summed E-state index contributed by atoms with van der Waals surface area (Å²) in [6.45, 7) is 20.2. The van der Waals surface area contributed by atoms with Crippen molar-refractivity contribution in [3.63, 3.8) is 0 Å². The second-order valence-electron chi connectivity index (χ2n) is 13.7. The lowest BCUT2D eigenvalue weighted by molar-refractivity contribution is -0.177. The molecule has 0 radical (unpaired) electrons. The molecule has 0 aliphatic rings. The second-order valence-corrected chi connectivity index (χ2v) is 13.7. The summed E-state index contributed by atoms with van der Waals surface area (Å²) < 4.78 is 45.4. The number of alkyl halides is 3. The van der Waals surface area contributed by atoms with Crippen molar-refractivity contribution in [2.24, 2.45) is 5.92 Å². The Morgan fingerprint density at radius 2 is 0.706 bits per heavy atom. The first-order chi connectivity index (χ1) is 23.6. The van der Waals surface area contributed by atoms with Gasteiger partial charge in [0.25, 0.3) is 0 Å². The predicted molar refractivity (Wildman–Crippen MR) is 189 cm³/mol. The van der Waals surface area contributed by atoms with Gasteiger partial charge >= 0.3 is 18.1 Å². The normalized spacial score (nSPS) is 13.9. The van der Waals surface area contributed by atoms with Gasteiger partial charge in [-0.25, -0.2) is 4.79 Å². The van der Waals surface area contributed by atoms with Gasteiger partial charge in [-0.2, -0.15) is 13.2 Å². The van der Waals surface area contributed by atoms with Crippen LogP contribution in [0.3, 0.4) is 0 Å². The molecule has 12 nitrogen and oxygen atoms in total. The lowest BCUT2D eigenvalue weighted by Crippen LogP contribution is -2.72. The Kier molecular flexibility index (Phi) is 18.2. The molecule has 0 saturated carbocycles. The maximum Gasteiger partial charge on any atom is 0.471 e. The van der Waals surface area contributed by atoms with Crippen LogP contribution in [0.1, 0.15) is 147 Å². The van der Waals surface area contributed by atoms with E-state index in [2.05, 4.69) is 21.3 Å². The smallest absolute Gasteiger partial charge is 0.464 e. The Balaban J connectivity index is 6.80. The first-order valence-corrected chi connectivity index (χ1v) is 18.5. The zero-order valence-electron chi connectivity index (χ0n) is 32.8. The number of rotatable bonds is 22. The molecule has 1 atom stereocenters. The van der Waals surface area contributed by atoms with E-state index in [1.807, 2.05) is 5.32 Å². The van der Waals surface area contributed by atoms with Crippen LogP contribution in [0, 0.1) is 5.92 Å². The summed E-state index contributed by atoms with van der Waals surface area (Å²) in [5.41, 5.74) is -8.04. The molecular formula is C36H64F3N5O7. The first kappa shape index (κ1) is 47.6. The van der Waals surface area contributed by atoms with E-state index in [9.17, 15) is 41.9 Å². The Hall–Kier alpha value is -3.39. The molecule has 0 aromatic carbocycles. The van der Waals surface area contributed by atoms with Gasteiger partial charge in [0, 0.05) is 0 Å². The molecule has 0 spiro atoms. The van der Waals surface area contributed by atoms with Gasteiger partial charge in [-0.05, 0) is 77.0 Å². The third-order valence-electron chi connectivity index (χ3n) is 10.6. The number of halogens is 3. The SMILES string of the molecule is CCOC(=O)C(CC)(CC)NC(=O)C(CC)(CC)NC(=O)C(CC)(CC)NC(=O)C(CC)(CC)NC(=O)C(CC)(CC(C)C)NC(=O)C(F)(F)F. The molecule has 5 amide bonds. The summed E-state index contributed by atoms with van der Waals surface area (Å²) in [4.78, 5) is 81.5. The minimum atomic E-state index is -5.24. The van der Waals surface area contributed by atoms with Crippen molar-refractivity contribution >= 4 is 35.5 Å². The highest BCUT2D eigenvalue weighted by Gasteiger charge is 2.52. The van der Waals surface area contributed by atoms with Crippen molar-refractivity contribution in [3.8, 4) is 0 Å². The molecule has 0 aliphatic heterocycles. The van der Waals surface area contributed by atoms with Gasteiger partial charge in [0.2, 0.25) is 23.6 Å². The Morgan fingerprint density at radius 1 is 0.451 bits per heavy atom. The molecule has 0 heterocycles. The van der Waals surface area contributed by atoms with E-state index < -0.39 is 69.4 Å². The maximum absolute atomic E-state index is 14.3. The van der Waals surface area contributed by atoms with Crippen LogP contribution in [0.4, 0.5) is 13.2 Å². The summed E-state index contributed by atoms with van der Waals surface area (Å²) in [6, 6.07) is 0. The zero-order valence-corrected chi connectivity index (χ0v) is 32.8. The monoisotopic (exact) mass is 735 g/mol. The van der Waals surface area contributed by atoms with Crippen LogP contribution in [0.2, 0.25) is 0 Å². The summed E-state index contributed by atoms with van der Waals surface area (Å²) >= 11 is 0. The van der Waals surface area contributed by atoms with Crippen LogP contribution in [-0.2, 0) is 33.5 Å². The third kappa shape index (κ3) is 10.8. The number of carbonyl (C=O) groups excluding carboxylic acids is 6. The lowest BCUT2D eigenvalue weighted by Gasteiger charge is -2.43. The van der Waals surface area contributed by atoms with E-state index in [1.54, 1.807) is 76.2 Å². The number of ether oxygens (including phenoxy) is 1. The van der Waals surface area contributed by atoms with Crippen molar-refractivity contribution in [1.82, 2.24) is 26.6 Å². The van der Waals surface area contributed by atoms with Gasteiger partial charge in [0.1, 0.15) is 27.7 Å². The van der Waals surface area contributed by atoms with Crippen LogP contribution in [0.25, 0.3) is 0 Å². The predicted octanol–water partition coefficient (Wildman–Crippen LogP) is 5.12. The van der Waals surface area contributed by atoms with Crippen LogP contribution in [0.5, 0.6) is 0 Å². The van der Waals surface area contributed by atoms with Crippen LogP contribution >= 0.6 is 0 Å². The van der Waals surface area contributed by atoms with Gasteiger partial charge in [-0.3, -0.25) is 24.0 Å². The van der Waals surface area contributed by atoms with E-state index in [0.29, 0.717) is 0 Å². The van der Waals surface area contributed by atoms with E-state index in [-0.39, 0.29) is 76.7 Å². The molecule has 0 aliphatic carbocycles. The molecule has 0 fully saturated rings. The van der Waals surface area contributed by atoms with Crippen molar-refractivity contribution < 1.29 is 46.7 Å². The maximum atomic E-state index is 14.3. The van der Waals surface area contributed by atoms with Crippen molar-refractivity contribution in [2.75, 3.05) is 6.61 Å². The molecule has 51 heavy (non-hydrogen) atoms. The van der Waals surface area contributed by atoms with Gasteiger partial charge in [0.15, 0.2) is 0 Å².